The van der Waals surface area contributed by atoms with Gasteiger partial charge in [0.15, 0.2) is 0 Å². The van der Waals surface area contributed by atoms with Crippen LogP contribution in [-0.2, 0) is 27.5 Å². The summed E-state index contributed by atoms with van der Waals surface area (Å²) in [6, 6.07) is 15.0. The maximum Gasteiger partial charge on any atom is 0.267 e. The molecule has 1 N–H and O–H groups in total. The number of halogens is 2. The van der Waals surface area contributed by atoms with E-state index in [-0.39, 0.29) is 21.1 Å². The van der Waals surface area contributed by atoms with E-state index in [2.05, 4.69) is 6.92 Å². The van der Waals surface area contributed by atoms with Gasteiger partial charge in [-0.3, -0.25) is 0 Å². The van der Waals surface area contributed by atoms with Crippen molar-refractivity contribution in [3.63, 3.8) is 0 Å². The Morgan fingerprint density at radius 3 is 1.80 bits per heavy atom. The second kappa shape index (κ2) is 11.2. The summed E-state index contributed by atoms with van der Waals surface area (Å²) in [5.74, 6) is 1.28. The Kier molecular flexibility index (Phi) is 9.69. The fourth-order valence-electron chi connectivity index (χ4n) is 2.09. The molecule has 2 aromatic rings. The van der Waals surface area contributed by atoms with Crippen molar-refractivity contribution in [2.45, 2.75) is 25.4 Å². The summed E-state index contributed by atoms with van der Waals surface area (Å²) < 4.78 is 35.0. The van der Waals surface area contributed by atoms with Gasteiger partial charge in [-0.15, -0.1) is 6.42 Å². The Morgan fingerprint density at radius 1 is 0.880 bits per heavy atom. The van der Waals surface area contributed by atoms with Crippen LogP contribution in [0.3, 0.4) is 0 Å². The number of aliphatic hydroxyl groups excluding tert-OH is 1. The second-order valence-electron chi connectivity index (χ2n) is 5.38. The molecule has 1 unspecified atom stereocenters. The second-order valence-corrected chi connectivity index (χ2v) is 5.38. The van der Waals surface area contributed by atoms with E-state index in [9.17, 15) is 8.78 Å². The molecule has 0 amide bonds. The summed E-state index contributed by atoms with van der Waals surface area (Å²) in [7, 11) is 0. The topological polar surface area (TPSA) is 38.7 Å². The molecule has 0 aliphatic heterocycles. The van der Waals surface area contributed by atoms with Gasteiger partial charge in [-0.2, -0.15) is 0 Å². The Bertz CT molecular complexity index is 603. The van der Waals surface area contributed by atoms with Gasteiger partial charge in [-0.25, -0.2) is 8.78 Å². The molecule has 0 saturated carbocycles. The monoisotopic (exact) mass is 519 g/mol. The Balaban J connectivity index is 0.00000312. The number of hydrogen-bond acceptors (Lipinski definition) is 3. The molecule has 0 aliphatic rings. The molecule has 0 spiro atoms. The van der Waals surface area contributed by atoms with Crippen LogP contribution < -0.4 is 9.47 Å². The van der Waals surface area contributed by atoms with Crippen LogP contribution in [0.25, 0.3) is 0 Å². The molecule has 2 rings (SSSR count). The van der Waals surface area contributed by atoms with E-state index in [1.807, 2.05) is 36.4 Å². The van der Waals surface area contributed by atoms with E-state index in [0.717, 1.165) is 29.7 Å². The normalized spacial score (nSPS) is 11.7. The van der Waals surface area contributed by atoms with Gasteiger partial charge in [0.25, 0.3) is 6.43 Å². The first kappa shape index (κ1) is 21.6. The number of benzene rings is 2. The van der Waals surface area contributed by atoms with Gasteiger partial charge >= 0.3 is 0 Å². The molecule has 1 atom stereocenters. The molecule has 0 saturated heterocycles. The summed E-state index contributed by atoms with van der Waals surface area (Å²) >= 11 is 0. The van der Waals surface area contributed by atoms with E-state index < -0.39 is 19.1 Å². The van der Waals surface area contributed by atoms with Crippen LogP contribution in [0.2, 0.25) is 0 Å². The number of rotatable bonds is 9. The smallest absolute Gasteiger partial charge is 0.267 e. The summed E-state index contributed by atoms with van der Waals surface area (Å²) in [6.45, 7) is 3.90. The third kappa shape index (κ3) is 7.53. The SMILES string of the molecule is [CH2-]CCOc1ccc(Cc2ccc(OCC(O)C(F)F)cc2)cc1.[W]. The average molecular weight is 519 g/mol. The zero-order chi connectivity index (χ0) is 17.4. The van der Waals surface area contributed by atoms with Gasteiger partial charge in [-0.1, -0.05) is 24.3 Å². The summed E-state index contributed by atoms with van der Waals surface area (Å²) in [5.41, 5.74) is 2.21. The molecule has 6 heteroatoms. The van der Waals surface area contributed by atoms with Crippen LogP contribution in [0, 0.1) is 6.92 Å². The standard InChI is InChI=1S/C19H21F2O3.W/c1-2-11-23-16-7-3-14(4-8-16)12-15-5-9-17(10-6-15)24-13-18(22)19(20)21;/h3-10,18-19,22H,1-2,11-13H2;/q-1;. The molecule has 0 fully saturated rings. The van der Waals surface area contributed by atoms with Crippen LogP contribution in [-0.4, -0.2) is 30.8 Å². The molecular formula is C19H21F2O3W-. The summed E-state index contributed by atoms with van der Waals surface area (Å²) in [5, 5.41) is 9.02. The van der Waals surface area contributed by atoms with Crippen LogP contribution in [0.15, 0.2) is 48.5 Å². The minimum atomic E-state index is -2.80. The Hall–Kier alpha value is -1.45. The van der Waals surface area contributed by atoms with E-state index >= 15 is 0 Å². The minimum Gasteiger partial charge on any atom is -0.496 e. The maximum absolute atomic E-state index is 12.2. The molecule has 0 aromatic heterocycles. The third-order valence-corrected chi connectivity index (χ3v) is 3.38. The molecule has 0 aliphatic carbocycles. The van der Waals surface area contributed by atoms with Crippen molar-refractivity contribution >= 4 is 0 Å². The number of ether oxygens (including phenoxy) is 2. The summed E-state index contributed by atoms with van der Waals surface area (Å²) in [4.78, 5) is 0. The average Bonchev–Trinajstić information content (AvgIpc) is 2.60. The molecule has 0 radical (unpaired) electrons. The third-order valence-electron chi connectivity index (χ3n) is 3.38. The fourth-order valence-corrected chi connectivity index (χ4v) is 2.09. The van der Waals surface area contributed by atoms with Crippen molar-refractivity contribution in [2.75, 3.05) is 13.2 Å². The van der Waals surface area contributed by atoms with E-state index in [0.29, 0.717) is 12.4 Å². The molecular weight excluding hydrogens is 498 g/mol. The van der Waals surface area contributed by atoms with Crippen molar-refractivity contribution in [3.8, 4) is 11.5 Å². The molecule has 2 aromatic carbocycles. The molecule has 0 heterocycles. The zero-order valence-electron chi connectivity index (χ0n) is 13.7. The van der Waals surface area contributed by atoms with E-state index in [1.165, 1.54) is 0 Å². The quantitative estimate of drug-likeness (QED) is 0.512. The molecule has 136 valence electrons. The van der Waals surface area contributed by atoms with Crippen molar-refractivity contribution in [3.05, 3.63) is 66.6 Å². The Morgan fingerprint density at radius 2 is 1.36 bits per heavy atom. The van der Waals surface area contributed by atoms with Gasteiger partial charge in [-0.05, 0) is 41.8 Å². The van der Waals surface area contributed by atoms with Crippen molar-refractivity contribution in [2.24, 2.45) is 0 Å². The molecule has 0 bridgehead atoms. The largest absolute Gasteiger partial charge is 0.496 e. The van der Waals surface area contributed by atoms with Crippen LogP contribution in [0.5, 0.6) is 11.5 Å². The van der Waals surface area contributed by atoms with E-state index in [1.54, 1.807) is 12.1 Å². The first-order chi connectivity index (χ1) is 11.6. The number of alkyl halides is 2. The minimum absolute atomic E-state index is 0. The predicted octanol–water partition coefficient (Wildman–Crippen LogP) is 3.88. The fraction of sp³-hybridized carbons (Fsp3) is 0.316. The first-order valence-electron chi connectivity index (χ1n) is 7.77. The van der Waals surface area contributed by atoms with Gasteiger partial charge in [0, 0.05) is 21.1 Å². The number of hydrogen-bond donors (Lipinski definition) is 1. The van der Waals surface area contributed by atoms with E-state index in [4.69, 9.17) is 14.6 Å². The van der Waals surface area contributed by atoms with Crippen molar-refractivity contribution in [1.82, 2.24) is 0 Å². The van der Waals surface area contributed by atoms with Crippen molar-refractivity contribution in [1.29, 1.82) is 0 Å². The molecule has 25 heavy (non-hydrogen) atoms. The summed E-state index contributed by atoms with van der Waals surface area (Å²) in [6.07, 6.45) is -3.10. The van der Waals surface area contributed by atoms with Crippen molar-refractivity contribution < 1.29 is 44.4 Å². The molecule has 3 nitrogen and oxygen atoms in total. The zero-order valence-corrected chi connectivity index (χ0v) is 16.7. The number of aliphatic hydroxyl groups is 1. The first-order valence-corrected chi connectivity index (χ1v) is 7.77. The Labute approximate surface area is 161 Å². The van der Waals surface area contributed by atoms with Gasteiger partial charge in [0.2, 0.25) is 0 Å². The maximum atomic E-state index is 12.2. The predicted molar refractivity (Wildman–Crippen MR) is 88.7 cm³/mol. The van der Waals surface area contributed by atoms with Gasteiger partial charge in [0.05, 0.1) is 6.61 Å². The van der Waals surface area contributed by atoms with Crippen LogP contribution >= 0.6 is 0 Å². The van der Waals surface area contributed by atoms with Gasteiger partial charge < -0.3 is 21.5 Å². The van der Waals surface area contributed by atoms with Crippen LogP contribution in [0.4, 0.5) is 8.78 Å². The van der Waals surface area contributed by atoms with Gasteiger partial charge in [0.1, 0.15) is 24.2 Å². The van der Waals surface area contributed by atoms with Crippen LogP contribution in [0.1, 0.15) is 17.5 Å².